The van der Waals surface area contributed by atoms with E-state index in [2.05, 4.69) is 5.32 Å². The van der Waals surface area contributed by atoms with Crippen LogP contribution >= 0.6 is 11.6 Å². The number of hydrogen-bond donors (Lipinski definition) is 1. The zero-order chi connectivity index (χ0) is 21.1. The van der Waals surface area contributed by atoms with Gasteiger partial charge < -0.3 is 5.32 Å². The lowest BCUT2D eigenvalue weighted by molar-refractivity contribution is -0.117. The van der Waals surface area contributed by atoms with Crippen molar-refractivity contribution in [3.8, 4) is 0 Å². The summed E-state index contributed by atoms with van der Waals surface area (Å²) >= 11 is 5.94. The lowest BCUT2D eigenvalue weighted by Gasteiger charge is -2.33. The Hall–Kier alpha value is -2.45. The molecule has 0 bridgehead atoms. The fourth-order valence-electron chi connectivity index (χ4n) is 3.63. The normalized spacial score (nSPS) is 15.9. The molecule has 6 nitrogen and oxygen atoms in total. The van der Waals surface area contributed by atoms with Crippen LogP contribution in [0.15, 0.2) is 71.6 Å². The Morgan fingerprint density at radius 1 is 0.933 bits per heavy atom. The quantitative estimate of drug-likeness (QED) is 0.655. The molecule has 0 aliphatic carbocycles. The third kappa shape index (κ3) is 4.49. The molecule has 0 spiro atoms. The molecule has 1 aliphatic rings. The molecule has 1 heterocycles. The molecule has 8 heteroatoms. The van der Waals surface area contributed by atoms with Crippen LogP contribution in [0, 0.1) is 0 Å². The first-order valence-electron chi connectivity index (χ1n) is 9.69. The molecule has 0 saturated carbocycles. The fraction of sp³-hybridized carbons (Fsp3) is 0.227. The minimum atomic E-state index is -3.59. The highest BCUT2D eigenvalue weighted by Gasteiger charge is 2.29. The van der Waals surface area contributed by atoms with Crippen molar-refractivity contribution in [1.82, 2.24) is 9.21 Å². The summed E-state index contributed by atoms with van der Waals surface area (Å²) in [6.45, 7) is 1.85. The molecule has 156 valence electrons. The summed E-state index contributed by atoms with van der Waals surface area (Å²) in [5, 5.41) is 5.42. The van der Waals surface area contributed by atoms with Crippen molar-refractivity contribution in [3.05, 3.63) is 71.8 Å². The Labute approximate surface area is 181 Å². The van der Waals surface area contributed by atoms with Gasteiger partial charge in [-0.05, 0) is 29.7 Å². The topological polar surface area (TPSA) is 69.7 Å². The van der Waals surface area contributed by atoms with E-state index in [-0.39, 0.29) is 17.3 Å². The Morgan fingerprint density at radius 2 is 1.63 bits per heavy atom. The van der Waals surface area contributed by atoms with Gasteiger partial charge in [0, 0.05) is 42.3 Å². The van der Waals surface area contributed by atoms with E-state index in [0.717, 1.165) is 16.5 Å². The van der Waals surface area contributed by atoms with Gasteiger partial charge in [-0.15, -0.1) is 0 Å². The second kappa shape index (κ2) is 8.73. The number of nitrogens with zero attached hydrogens (tertiary/aromatic N) is 2. The van der Waals surface area contributed by atoms with Gasteiger partial charge in [-0.1, -0.05) is 54.1 Å². The molecule has 0 unspecified atom stereocenters. The second-order valence-electron chi connectivity index (χ2n) is 7.21. The summed E-state index contributed by atoms with van der Waals surface area (Å²) in [7, 11) is -3.59. The van der Waals surface area contributed by atoms with Gasteiger partial charge in [-0.25, -0.2) is 8.42 Å². The minimum Gasteiger partial charge on any atom is -0.324 e. The van der Waals surface area contributed by atoms with E-state index in [1.54, 1.807) is 18.2 Å². The van der Waals surface area contributed by atoms with Crippen LogP contribution in [0.2, 0.25) is 5.02 Å². The summed E-state index contributed by atoms with van der Waals surface area (Å²) in [6, 6.07) is 20.0. The van der Waals surface area contributed by atoms with E-state index >= 15 is 0 Å². The molecule has 1 aliphatic heterocycles. The van der Waals surface area contributed by atoms with Gasteiger partial charge in [0.1, 0.15) is 0 Å². The van der Waals surface area contributed by atoms with Crippen molar-refractivity contribution in [1.29, 1.82) is 0 Å². The smallest absolute Gasteiger partial charge is 0.243 e. The molecule has 4 rings (SSSR count). The highest BCUT2D eigenvalue weighted by Crippen LogP contribution is 2.23. The van der Waals surface area contributed by atoms with E-state index in [1.165, 1.54) is 10.4 Å². The monoisotopic (exact) mass is 443 g/mol. The van der Waals surface area contributed by atoms with Crippen molar-refractivity contribution in [2.24, 2.45) is 0 Å². The van der Waals surface area contributed by atoms with Crippen LogP contribution in [0.25, 0.3) is 10.8 Å². The number of benzene rings is 3. The molecular formula is C22H22ClN3O3S. The average molecular weight is 444 g/mol. The van der Waals surface area contributed by atoms with Crippen molar-refractivity contribution < 1.29 is 13.2 Å². The molecule has 30 heavy (non-hydrogen) atoms. The first-order chi connectivity index (χ1) is 14.4. The SMILES string of the molecule is O=C(CN1CCN(S(=O)(=O)c2cccc(Cl)c2)CC1)Nc1cccc2ccccc12. The third-order valence-corrected chi connectivity index (χ3v) is 7.33. The van der Waals surface area contributed by atoms with Crippen molar-refractivity contribution in [2.75, 3.05) is 38.0 Å². The second-order valence-corrected chi connectivity index (χ2v) is 9.59. The van der Waals surface area contributed by atoms with E-state index in [9.17, 15) is 13.2 Å². The number of piperazine rings is 1. The van der Waals surface area contributed by atoms with Crippen LogP contribution in [0.3, 0.4) is 0 Å². The maximum atomic E-state index is 12.8. The zero-order valence-electron chi connectivity index (χ0n) is 16.3. The van der Waals surface area contributed by atoms with Gasteiger partial charge >= 0.3 is 0 Å². The van der Waals surface area contributed by atoms with Gasteiger partial charge in [0.15, 0.2) is 0 Å². The standard InChI is InChI=1S/C22H22ClN3O3S/c23-18-7-4-8-19(15-18)30(28,29)26-13-11-25(12-14-26)16-22(27)24-21-10-3-6-17-5-1-2-9-20(17)21/h1-10,15H,11-14,16H2,(H,24,27). The highest BCUT2D eigenvalue weighted by atomic mass is 35.5. The molecule has 3 aromatic rings. The summed E-state index contributed by atoms with van der Waals surface area (Å²) < 4.78 is 27.0. The number of halogens is 1. The Morgan fingerprint density at radius 3 is 2.40 bits per heavy atom. The predicted octanol–water partition coefficient (Wildman–Crippen LogP) is 3.44. The first kappa shape index (κ1) is 20.8. The van der Waals surface area contributed by atoms with Gasteiger partial charge in [0.25, 0.3) is 0 Å². The minimum absolute atomic E-state index is 0.113. The lowest BCUT2D eigenvalue weighted by atomic mass is 10.1. The Bertz CT molecular complexity index is 1170. The number of carbonyl (C=O) groups excluding carboxylic acids is 1. The molecule has 1 saturated heterocycles. The van der Waals surface area contributed by atoms with E-state index < -0.39 is 10.0 Å². The van der Waals surface area contributed by atoms with Crippen molar-refractivity contribution in [2.45, 2.75) is 4.90 Å². The van der Waals surface area contributed by atoms with Crippen LogP contribution < -0.4 is 5.32 Å². The van der Waals surface area contributed by atoms with Crippen LogP contribution in [0.4, 0.5) is 5.69 Å². The predicted molar refractivity (Wildman–Crippen MR) is 119 cm³/mol. The molecule has 1 N–H and O–H groups in total. The number of anilines is 1. The van der Waals surface area contributed by atoms with Crippen molar-refractivity contribution in [3.63, 3.8) is 0 Å². The van der Waals surface area contributed by atoms with Gasteiger partial charge in [-0.2, -0.15) is 4.31 Å². The number of fused-ring (bicyclic) bond motifs is 1. The number of nitrogens with one attached hydrogen (secondary N) is 1. The summed E-state index contributed by atoms with van der Waals surface area (Å²) in [4.78, 5) is 14.7. The molecule has 0 aromatic heterocycles. The van der Waals surface area contributed by atoms with E-state index in [0.29, 0.717) is 31.2 Å². The lowest BCUT2D eigenvalue weighted by Crippen LogP contribution is -2.50. The van der Waals surface area contributed by atoms with Crippen LogP contribution in [0.1, 0.15) is 0 Å². The molecular weight excluding hydrogens is 422 g/mol. The van der Waals surface area contributed by atoms with Gasteiger partial charge in [-0.3, -0.25) is 9.69 Å². The Balaban J connectivity index is 1.36. The maximum Gasteiger partial charge on any atom is 0.243 e. The summed E-state index contributed by atoms with van der Waals surface area (Å²) in [5.74, 6) is -0.113. The summed E-state index contributed by atoms with van der Waals surface area (Å²) in [6.07, 6.45) is 0. The van der Waals surface area contributed by atoms with Crippen LogP contribution in [-0.4, -0.2) is 56.3 Å². The molecule has 0 atom stereocenters. The molecule has 1 amide bonds. The maximum absolute atomic E-state index is 12.8. The number of sulfonamides is 1. The number of carbonyl (C=O) groups is 1. The first-order valence-corrected chi connectivity index (χ1v) is 11.5. The fourth-order valence-corrected chi connectivity index (χ4v) is 5.36. The average Bonchev–Trinajstić information content (AvgIpc) is 2.74. The van der Waals surface area contributed by atoms with Crippen LogP contribution in [-0.2, 0) is 14.8 Å². The number of amides is 1. The van der Waals surface area contributed by atoms with Gasteiger partial charge in [0.05, 0.1) is 11.4 Å². The molecule has 3 aromatic carbocycles. The largest absolute Gasteiger partial charge is 0.324 e. The van der Waals surface area contributed by atoms with E-state index in [4.69, 9.17) is 11.6 Å². The summed E-state index contributed by atoms with van der Waals surface area (Å²) in [5.41, 5.74) is 0.778. The van der Waals surface area contributed by atoms with Gasteiger partial charge in [0.2, 0.25) is 15.9 Å². The Kier molecular flexibility index (Phi) is 6.06. The highest BCUT2D eigenvalue weighted by molar-refractivity contribution is 7.89. The number of rotatable bonds is 5. The number of hydrogen-bond acceptors (Lipinski definition) is 4. The van der Waals surface area contributed by atoms with Crippen LogP contribution in [0.5, 0.6) is 0 Å². The molecule has 0 radical (unpaired) electrons. The van der Waals surface area contributed by atoms with E-state index in [1.807, 2.05) is 47.4 Å². The molecule has 1 fully saturated rings. The zero-order valence-corrected chi connectivity index (χ0v) is 17.9. The third-order valence-electron chi connectivity index (χ3n) is 5.20. The van der Waals surface area contributed by atoms with Crippen molar-refractivity contribution >= 4 is 44.0 Å².